The van der Waals surface area contributed by atoms with Crippen molar-refractivity contribution in [2.45, 2.75) is 23.1 Å². The molecule has 0 saturated heterocycles. The fourth-order valence-electron chi connectivity index (χ4n) is 2.45. The Morgan fingerprint density at radius 1 is 0.567 bits per heavy atom. The SMILES string of the molecule is O=S(=O)(N[C@@H](c1ccccc1)[C@@H](NS(=O)(=O)C(F)(F)F)c1ccccc1)C(F)(F)F. The van der Waals surface area contributed by atoms with Gasteiger partial charge >= 0.3 is 31.1 Å². The Kier molecular flexibility index (Phi) is 6.85. The molecule has 2 rings (SSSR count). The minimum atomic E-state index is -6.06. The van der Waals surface area contributed by atoms with Gasteiger partial charge in [0.1, 0.15) is 0 Å². The van der Waals surface area contributed by atoms with Gasteiger partial charge in [-0.25, -0.2) is 16.8 Å². The maximum Gasteiger partial charge on any atom is 0.511 e. The summed E-state index contributed by atoms with van der Waals surface area (Å²) in [5.74, 6) is 0. The van der Waals surface area contributed by atoms with E-state index in [-0.39, 0.29) is 11.1 Å². The largest absolute Gasteiger partial charge is 0.511 e. The van der Waals surface area contributed by atoms with E-state index in [0.29, 0.717) is 0 Å². The van der Waals surface area contributed by atoms with E-state index in [1.54, 1.807) is 0 Å². The summed E-state index contributed by atoms with van der Waals surface area (Å²) in [6.45, 7) is 0. The molecule has 166 valence electrons. The quantitative estimate of drug-likeness (QED) is 0.600. The number of halogens is 6. The molecule has 2 atom stereocenters. The Morgan fingerprint density at radius 2 is 0.833 bits per heavy atom. The molecule has 2 aromatic rings. The van der Waals surface area contributed by atoms with Gasteiger partial charge in [0.25, 0.3) is 0 Å². The Hall–Kier alpha value is -2.16. The van der Waals surface area contributed by atoms with Crippen molar-refractivity contribution < 1.29 is 43.2 Å². The minimum absolute atomic E-state index is 0.205. The number of alkyl halides is 6. The second kappa shape index (κ2) is 8.53. The van der Waals surface area contributed by atoms with Crippen LogP contribution < -0.4 is 9.44 Å². The van der Waals surface area contributed by atoms with E-state index in [9.17, 15) is 43.2 Å². The smallest absolute Gasteiger partial charge is 0.203 e. The third kappa shape index (κ3) is 5.50. The Bertz CT molecular complexity index is 969. The van der Waals surface area contributed by atoms with Crippen LogP contribution in [0.3, 0.4) is 0 Å². The molecule has 30 heavy (non-hydrogen) atoms. The van der Waals surface area contributed by atoms with Crippen molar-refractivity contribution in [1.82, 2.24) is 9.44 Å². The van der Waals surface area contributed by atoms with Gasteiger partial charge < -0.3 is 0 Å². The van der Waals surface area contributed by atoms with Crippen LogP contribution in [0.15, 0.2) is 60.7 Å². The van der Waals surface area contributed by atoms with Crippen molar-refractivity contribution in [3.8, 4) is 0 Å². The summed E-state index contributed by atoms with van der Waals surface area (Å²) in [7, 11) is -12.1. The van der Waals surface area contributed by atoms with Gasteiger partial charge in [0.2, 0.25) is 0 Å². The molecule has 6 nitrogen and oxygen atoms in total. The second-order valence-corrected chi connectivity index (χ2v) is 9.32. The first kappa shape index (κ1) is 24.1. The Morgan fingerprint density at radius 3 is 1.07 bits per heavy atom. The van der Waals surface area contributed by atoms with Crippen LogP contribution in [0.2, 0.25) is 0 Å². The van der Waals surface area contributed by atoms with E-state index in [0.717, 1.165) is 24.3 Å². The molecule has 0 amide bonds. The highest BCUT2D eigenvalue weighted by Crippen LogP contribution is 2.35. The second-order valence-electron chi connectivity index (χ2n) is 5.91. The monoisotopic (exact) mass is 476 g/mol. The normalized spacial score (nSPS) is 15.5. The number of rotatable bonds is 7. The van der Waals surface area contributed by atoms with Crippen LogP contribution >= 0.6 is 0 Å². The number of nitrogens with one attached hydrogen (secondary N) is 2. The lowest BCUT2D eigenvalue weighted by Gasteiger charge is -2.30. The predicted octanol–water partition coefficient (Wildman–Crippen LogP) is 3.35. The number of sulfonamides is 2. The van der Waals surface area contributed by atoms with E-state index >= 15 is 0 Å². The van der Waals surface area contributed by atoms with E-state index < -0.39 is 43.1 Å². The summed E-state index contributed by atoms with van der Waals surface area (Å²) in [5, 5.41) is 0. The highest BCUT2D eigenvalue weighted by atomic mass is 32.2. The number of hydrogen-bond donors (Lipinski definition) is 2. The molecule has 2 aromatic carbocycles. The standard InChI is InChI=1S/C16H14F6N2O4S2/c17-15(18,19)29(25,26)23-13(11-7-3-1-4-8-11)14(12-9-5-2-6-10-12)24-30(27,28)16(20,21)22/h1-10,13-14,23-24H/t13-,14-/m0/s1. The number of benzene rings is 2. The van der Waals surface area contributed by atoms with Crippen molar-refractivity contribution in [1.29, 1.82) is 0 Å². The first-order valence-electron chi connectivity index (χ1n) is 7.93. The zero-order valence-corrected chi connectivity index (χ0v) is 16.3. The van der Waals surface area contributed by atoms with Gasteiger partial charge in [-0.05, 0) is 11.1 Å². The van der Waals surface area contributed by atoms with Gasteiger partial charge in [-0.15, -0.1) is 0 Å². The number of hydrogen-bond acceptors (Lipinski definition) is 4. The average molecular weight is 476 g/mol. The van der Waals surface area contributed by atoms with Gasteiger partial charge in [0, 0.05) is 0 Å². The predicted molar refractivity (Wildman–Crippen MR) is 94.6 cm³/mol. The lowest BCUT2D eigenvalue weighted by molar-refractivity contribution is -0.0465. The summed E-state index contributed by atoms with van der Waals surface area (Å²) >= 11 is 0. The van der Waals surface area contributed by atoms with Gasteiger partial charge in [-0.1, -0.05) is 60.7 Å². The van der Waals surface area contributed by atoms with E-state index in [4.69, 9.17) is 0 Å². The van der Waals surface area contributed by atoms with Crippen LogP contribution in [0, 0.1) is 0 Å². The lowest BCUT2D eigenvalue weighted by atomic mass is 9.95. The Labute approximate surface area is 168 Å². The zero-order valence-electron chi connectivity index (χ0n) is 14.6. The molecule has 14 heteroatoms. The molecule has 0 fully saturated rings. The molecule has 2 N–H and O–H groups in total. The van der Waals surface area contributed by atoms with Crippen LogP contribution in [0.4, 0.5) is 26.3 Å². The molecule has 0 heterocycles. The summed E-state index contributed by atoms with van der Waals surface area (Å²) in [5.41, 5.74) is -12.0. The van der Waals surface area contributed by atoms with Crippen molar-refractivity contribution >= 4 is 20.0 Å². The van der Waals surface area contributed by atoms with Gasteiger partial charge in [-0.3, -0.25) is 0 Å². The minimum Gasteiger partial charge on any atom is -0.203 e. The first-order chi connectivity index (χ1) is 13.7. The van der Waals surface area contributed by atoms with Crippen LogP contribution in [-0.2, 0) is 20.0 Å². The lowest BCUT2D eigenvalue weighted by Crippen LogP contribution is -2.47. The van der Waals surface area contributed by atoms with E-state index in [1.165, 1.54) is 45.8 Å². The van der Waals surface area contributed by atoms with Crippen LogP contribution in [0.25, 0.3) is 0 Å². The molecule has 0 aliphatic heterocycles. The highest BCUT2D eigenvalue weighted by Gasteiger charge is 2.51. The third-order valence-corrected chi connectivity index (χ3v) is 6.17. The molecule has 0 bridgehead atoms. The van der Waals surface area contributed by atoms with Gasteiger partial charge in [0.05, 0.1) is 12.1 Å². The molecule has 0 aliphatic rings. The summed E-state index contributed by atoms with van der Waals surface area (Å²) in [6.07, 6.45) is 0. The van der Waals surface area contributed by atoms with E-state index in [1.807, 2.05) is 0 Å². The third-order valence-electron chi connectivity index (χ3n) is 3.82. The van der Waals surface area contributed by atoms with Gasteiger partial charge in [-0.2, -0.15) is 35.8 Å². The van der Waals surface area contributed by atoms with Crippen molar-refractivity contribution in [2.75, 3.05) is 0 Å². The molecule has 0 aromatic heterocycles. The van der Waals surface area contributed by atoms with Gasteiger partial charge in [0.15, 0.2) is 0 Å². The molecular formula is C16H14F6N2O4S2. The van der Waals surface area contributed by atoms with Crippen LogP contribution in [-0.4, -0.2) is 27.9 Å². The molecule has 0 spiro atoms. The van der Waals surface area contributed by atoms with Crippen LogP contribution in [0.5, 0.6) is 0 Å². The Balaban J connectivity index is 2.67. The fraction of sp³-hybridized carbons (Fsp3) is 0.250. The maximum atomic E-state index is 12.9. The molecule has 0 radical (unpaired) electrons. The molecule has 0 saturated carbocycles. The molecule has 0 aliphatic carbocycles. The van der Waals surface area contributed by atoms with Crippen molar-refractivity contribution in [2.24, 2.45) is 0 Å². The average Bonchev–Trinajstić information content (AvgIpc) is 2.64. The highest BCUT2D eigenvalue weighted by molar-refractivity contribution is 7.90. The summed E-state index contributed by atoms with van der Waals surface area (Å²) in [6, 6.07) is 8.48. The molecule has 0 unspecified atom stereocenters. The van der Waals surface area contributed by atoms with E-state index in [2.05, 4.69) is 0 Å². The van der Waals surface area contributed by atoms with Crippen molar-refractivity contribution in [3.63, 3.8) is 0 Å². The zero-order chi connectivity index (χ0) is 22.8. The van der Waals surface area contributed by atoms with Crippen LogP contribution in [0.1, 0.15) is 23.2 Å². The topological polar surface area (TPSA) is 92.3 Å². The summed E-state index contributed by atoms with van der Waals surface area (Å²) in [4.78, 5) is 0. The first-order valence-corrected chi connectivity index (χ1v) is 10.9. The maximum absolute atomic E-state index is 12.9. The molecular weight excluding hydrogens is 462 g/mol. The summed E-state index contributed by atoms with van der Waals surface area (Å²) < 4.78 is 127. The van der Waals surface area contributed by atoms with Crippen molar-refractivity contribution in [3.05, 3.63) is 71.8 Å². The fourth-order valence-corrected chi connectivity index (χ4v) is 3.93.